The Morgan fingerprint density at radius 1 is 1.35 bits per heavy atom. The van der Waals surface area contributed by atoms with Crippen LogP contribution >= 0.6 is 23.2 Å². The van der Waals surface area contributed by atoms with Crippen molar-refractivity contribution in [2.75, 3.05) is 18.6 Å². The summed E-state index contributed by atoms with van der Waals surface area (Å²) < 4.78 is 10.9. The first-order valence-corrected chi connectivity index (χ1v) is 7.97. The lowest BCUT2D eigenvalue weighted by atomic mass is 10.1. The Morgan fingerprint density at radius 2 is 2.06 bits per heavy atom. The van der Waals surface area contributed by atoms with Crippen LogP contribution in [0.25, 0.3) is 0 Å². The van der Waals surface area contributed by atoms with E-state index >= 15 is 0 Å². The molecule has 0 saturated heterocycles. The maximum atomic E-state index is 10.9. The van der Waals surface area contributed by atoms with Gasteiger partial charge in [0, 0.05) is 28.9 Å². The molecule has 0 aliphatic rings. The normalized spacial score (nSPS) is 14.6. The van der Waals surface area contributed by atoms with Crippen LogP contribution in [0.2, 0.25) is 10.0 Å². The van der Waals surface area contributed by atoms with Crippen molar-refractivity contribution in [3.05, 3.63) is 33.8 Å². The van der Waals surface area contributed by atoms with Crippen LogP contribution in [0, 0.1) is 0 Å². The van der Waals surface area contributed by atoms with Crippen LogP contribution in [0.5, 0.6) is 0 Å². The van der Waals surface area contributed by atoms with Gasteiger partial charge in [0.05, 0.1) is 10.0 Å². The molecular weight excluding hydrogens is 277 g/mol. The van der Waals surface area contributed by atoms with Gasteiger partial charge in [-0.25, -0.2) is 0 Å². The fraction of sp³-hybridized carbons (Fsp3) is 0.500. The Kier molecular flexibility index (Phi) is 6.49. The summed E-state index contributed by atoms with van der Waals surface area (Å²) in [5.74, 6) is 0.737. The molecule has 0 aromatic heterocycles. The maximum Gasteiger partial charge on any atom is 0.0595 e. The average molecular weight is 294 g/mol. The van der Waals surface area contributed by atoms with Crippen LogP contribution < -0.4 is 5.32 Å². The molecule has 0 saturated carbocycles. The van der Waals surface area contributed by atoms with E-state index in [0.717, 1.165) is 24.3 Å². The van der Waals surface area contributed by atoms with Gasteiger partial charge in [0.15, 0.2) is 0 Å². The van der Waals surface area contributed by atoms with Crippen molar-refractivity contribution >= 4 is 34.0 Å². The number of rotatable bonds is 6. The van der Waals surface area contributed by atoms with E-state index in [-0.39, 0.29) is 6.04 Å². The first-order chi connectivity index (χ1) is 8.00. The van der Waals surface area contributed by atoms with E-state index in [2.05, 4.69) is 12.2 Å². The Bertz CT molecular complexity index is 398. The van der Waals surface area contributed by atoms with E-state index < -0.39 is 10.8 Å². The van der Waals surface area contributed by atoms with Gasteiger partial charge in [-0.05, 0) is 37.6 Å². The van der Waals surface area contributed by atoms with Crippen molar-refractivity contribution in [2.24, 2.45) is 0 Å². The highest BCUT2D eigenvalue weighted by Gasteiger charge is 2.06. The molecule has 2 unspecified atom stereocenters. The predicted octanol–water partition coefficient (Wildman–Crippen LogP) is 3.41. The molecule has 0 amide bonds. The van der Waals surface area contributed by atoms with Gasteiger partial charge in [-0.1, -0.05) is 29.3 Å². The molecule has 0 bridgehead atoms. The van der Waals surface area contributed by atoms with Crippen LogP contribution in [0.4, 0.5) is 0 Å². The standard InChI is InChI=1S/C12H17Cl2NOS/c1-9(15-6-3-7-17(2)16)10-4-5-11(13)12(14)8-10/h4-5,8-9,15H,3,6-7H2,1-2H3. The number of hydrogen-bond acceptors (Lipinski definition) is 2. The molecule has 0 radical (unpaired) electrons. The van der Waals surface area contributed by atoms with Gasteiger partial charge in [-0.3, -0.25) is 4.21 Å². The summed E-state index contributed by atoms with van der Waals surface area (Å²) in [6.45, 7) is 2.92. The third-order valence-corrected chi connectivity index (χ3v) is 4.11. The minimum absolute atomic E-state index is 0.218. The number of benzene rings is 1. The van der Waals surface area contributed by atoms with Gasteiger partial charge >= 0.3 is 0 Å². The quantitative estimate of drug-likeness (QED) is 0.815. The van der Waals surface area contributed by atoms with Gasteiger partial charge in [-0.15, -0.1) is 0 Å². The van der Waals surface area contributed by atoms with Crippen LogP contribution in [-0.2, 0) is 10.8 Å². The molecule has 0 fully saturated rings. The Labute approximate surface area is 115 Å². The summed E-state index contributed by atoms with van der Waals surface area (Å²) in [6, 6.07) is 5.86. The summed E-state index contributed by atoms with van der Waals surface area (Å²) in [5, 5.41) is 4.51. The summed E-state index contributed by atoms with van der Waals surface area (Å²) in [4.78, 5) is 0. The van der Waals surface area contributed by atoms with Crippen LogP contribution in [-0.4, -0.2) is 22.8 Å². The van der Waals surface area contributed by atoms with Gasteiger partial charge in [0.2, 0.25) is 0 Å². The zero-order valence-corrected chi connectivity index (χ0v) is 12.3. The van der Waals surface area contributed by atoms with Gasteiger partial charge in [0.1, 0.15) is 0 Å². The van der Waals surface area contributed by atoms with Crippen LogP contribution in [0.1, 0.15) is 24.9 Å². The molecule has 17 heavy (non-hydrogen) atoms. The average Bonchev–Trinajstić information content (AvgIpc) is 2.27. The highest BCUT2D eigenvalue weighted by Crippen LogP contribution is 2.25. The molecule has 1 rings (SSSR count). The highest BCUT2D eigenvalue weighted by atomic mass is 35.5. The second-order valence-electron chi connectivity index (χ2n) is 3.98. The van der Waals surface area contributed by atoms with E-state index in [0.29, 0.717) is 10.0 Å². The maximum absolute atomic E-state index is 10.9. The van der Waals surface area contributed by atoms with Crippen molar-refractivity contribution < 1.29 is 4.21 Å². The van der Waals surface area contributed by atoms with Crippen LogP contribution in [0.3, 0.4) is 0 Å². The minimum Gasteiger partial charge on any atom is -0.310 e. The Balaban J connectivity index is 2.44. The van der Waals surface area contributed by atoms with E-state index in [1.54, 1.807) is 12.3 Å². The zero-order chi connectivity index (χ0) is 12.8. The van der Waals surface area contributed by atoms with Gasteiger partial charge in [0.25, 0.3) is 0 Å². The second-order valence-corrected chi connectivity index (χ2v) is 6.35. The largest absolute Gasteiger partial charge is 0.310 e. The number of hydrogen-bond donors (Lipinski definition) is 1. The summed E-state index contributed by atoms with van der Waals surface area (Å²) in [5.41, 5.74) is 1.11. The molecule has 2 atom stereocenters. The molecule has 5 heteroatoms. The Morgan fingerprint density at radius 3 is 2.65 bits per heavy atom. The monoisotopic (exact) mass is 293 g/mol. The second kappa shape index (κ2) is 7.37. The summed E-state index contributed by atoms with van der Waals surface area (Å²) in [6.07, 6.45) is 2.64. The first kappa shape index (κ1) is 15.0. The molecular formula is C12H17Cl2NOS. The molecule has 0 aliphatic carbocycles. The van der Waals surface area contributed by atoms with Crippen molar-refractivity contribution in [3.63, 3.8) is 0 Å². The smallest absolute Gasteiger partial charge is 0.0595 e. The summed E-state index contributed by atoms with van der Waals surface area (Å²) in [7, 11) is -0.710. The molecule has 0 aliphatic heterocycles. The molecule has 96 valence electrons. The van der Waals surface area contributed by atoms with Crippen LogP contribution in [0.15, 0.2) is 18.2 Å². The first-order valence-electron chi connectivity index (χ1n) is 5.49. The van der Waals surface area contributed by atoms with E-state index in [4.69, 9.17) is 23.2 Å². The zero-order valence-electron chi connectivity index (χ0n) is 10.0. The molecule has 2 nitrogen and oxygen atoms in total. The SMILES string of the molecule is CC(NCCCS(C)=O)c1ccc(Cl)c(Cl)c1. The lowest BCUT2D eigenvalue weighted by molar-refractivity contribution is 0.570. The predicted molar refractivity (Wildman–Crippen MR) is 76.4 cm³/mol. The topological polar surface area (TPSA) is 29.1 Å². The molecule has 0 spiro atoms. The van der Waals surface area contributed by atoms with E-state index in [9.17, 15) is 4.21 Å². The fourth-order valence-electron chi connectivity index (χ4n) is 1.49. The summed E-state index contributed by atoms with van der Waals surface area (Å²) >= 11 is 11.8. The lowest BCUT2D eigenvalue weighted by Gasteiger charge is -2.14. The minimum atomic E-state index is -0.710. The van der Waals surface area contributed by atoms with E-state index in [1.165, 1.54) is 0 Å². The van der Waals surface area contributed by atoms with Crippen molar-refractivity contribution in [1.29, 1.82) is 0 Å². The molecule has 1 N–H and O–H groups in total. The number of nitrogens with one attached hydrogen (secondary N) is 1. The molecule has 1 aromatic carbocycles. The number of halogens is 2. The molecule has 1 aromatic rings. The van der Waals surface area contributed by atoms with Crippen molar-refractivity contribution in [1.82, 2.24) is 5.32 Å². The fourth-order valence-corrected chi connectivity index (χ4v) is 2.35. The van der Waals surface area contributed by atoms with E-state index in [1.807, 2.05) is 12.1 Å². The third kappa shape index (κ3) is 5.38. The van der Waals surface area contributed by atoms with Crippen molar-refractivity contribution in [3.8, 4) is 0 Å². The van der Waals surface area contributed by atoms with Gasteiger partial charge < -0.3 is 5.32 Å². The molecule has 0 heterocycles. The third-order valence-electron chi connectivity index (χ3n) is 2.50. The lowest BCUT2D eigenvalue weighted by Crippen LogP contribution is -2.21. The Hall–Kier alpha value is -0.0900. The van der Waals surface area contributed by atoms with Crippen molar-refractivity contribution in [2.45, 2.75) is 19.4 Å². The van der Waals surface area contributed by atoms with Gasteiger partial charge in [-0.2, -0.15) is 0 Å². The highest BCUT2D eigenvalue weighted by molar-refractivity contribution is 7.84.